The molecule has 0 fully saturated rings. The lowest BCUT2D eigenvalue weighted by Gasteiger charge is -2.19. The highest BCUT2D eigenvalue weighted by atomic mass is 16.6. The zero-order valence-electron chi connectivity index (χ0n) is 9.63. The number of benzene rings is 1. The summed E-state index contributed by atoms with van der Waals surface area (Å²) in [5, 5.41) is 10.8. The van der Waals surface area contributed by atoms with E-state index in [0.29, 0.717) is 19.6 Å². The Morgan fingerprint density at radius 1 is 1.47 bits per heavy atom. The molecule has 1 aromatic rings. The maximum atomic E-state index is 12.1. The van der Waals surface area contributed by atoms with Gasteiger partial charge in [-0.1, -0.05) is 12.1 Å². The van der Waals surface area contributed by atoms with Gasteiger partial charge in [0.2, 0.25) is 0 Å². The molecule has 0 spiro atoms. The van der Waals surface area contributed by atoms with Crippen LogP contribution in [-0.4, -0.2) is 35.4 Å². The van der Waals surface area contributed by atoms with Crippen LogP contribution >= 0.6 is 0 Å². The van der Waals surface area contributed by atoms with Crippen LogP contribution in [0.1, 0.15) is 17.3 Å². The third-order valence-corrected chi connectivity index (χ3v) is 2.40. The van der Waals surface area contributed by atoms with Crippen molar-refractivity contribution < 1.29 is 9.72 Å². The Labute approximate surface area is 99.2 Å². The van der Waals surface area contributed by atoms with Crippen molar-refractivity contribution in [2.45, 2.75) is 6.92 Å². The van der Waals surface area contributed by atoms with Gasteiger partial charge in [0.25, 0.3) is 11.6 Å². The largest absolute Gasteiger partial charge is 0.337 e. The van der Waals surface area contributed by atoms with Gasteiger partial charge in [-0.25, -0.2) is 0 Å². The minimum Gasteiger partial charge on any atom is -0.337 e. The van der Waals surface area contributed by atoms with E-state index in [4.69, 9.17) is 5.73 Å². The van der Waals surface area contributed by atoms with E-state index in [0.717, 1.165) is 0 Å². The zero-order valence-corrected chi connectivity index (χ0v) is 9.63. The van der Waals surface area contributed by atoms with Gasteiger partial charge in [0.1, 0.15) is 5.56 Å². The van der Waals surface area contributed by atoms with Crippen LogP contribution in [0.3, 0.4) is 0 Å². The molecule has 2 N–H and O–H groups in total. The summed E-state index contributed by atoms with van der Waals surface area (Å²) in [6.07, 6.45) is 0. The molecule has 1 amide bonds. The van der Waals surface area contributed by atoms with Crippen molar-refractivity contribution >= 4 is 11.6 Å². The fraction of sp³-hybridized carbons (Fsp3) is 0.364. The first-order valence-corrected chi connectivity index (χ1v) is 5.34. The van der Waals surface area contributed by atoms with Gasteiger partial charge < -0.3 is 10.6 Å². The van der Waals surface area contributed by atoms with Crippen molar-refractivity contribution in [3.8, 4) is 0 Å². The van der Waals surface area contributed by atoms with Crippen molar-refractivity contribution in [1.82, 2.24) is 4.90 Å². The molecule has 0 bridgehead atoms. The molecule has 0 aliphatic carbocycles. The topological polar surface area (TPSA) is 89.5 Å². The molecule has 0 heterocycles. The SMILES string of the molecule is CCN(CCN)C(=O)c1ccccc1[N+](=O)[O-]. The normalized spacial score (nSPS) is 10.0. The number of para-hydroxylation sites is 1. The van der Waals surface area contributed by atoms with Gasteiger partial charge in [-0.3, -0.25) is 14.9 Å². The summed E-state index contributed by atoms with van der Waals surface area (Å²) in [5.74, 6) is -0.356. The fourth-order valence-electron chi connectivity index (χ4n) is 1.54. The summed E-state index contributed by atoms with van der Waals surface area (Å²) in [4.78, 5) is 23.8. The molecule has 0 unspecified atom stereocenters. The van der Waals surface area contributed by atoms with E-state index in [1.165, 1.54) is 23.1 Å². The molecule has 6 nitrogen and oxygen atoms in total. The summed E-state index contributed by atoms with van der Waals surface area (Å²) in [5.41, 5.74) is 5.32. The van der Waals surface area contributed by atoms with E-state index in [9.17, 15) is 14.9 Å². The number of rotatable bonds is 5. The third-order valence-electron chi connectivity index (χ3n) is 2.40. The second kappa shape index (κ2) is 5.95. The van der Waals surface area contributed by atoms with Crippen LogP contribution in [0.2, 0.25) is 0 Å². The average molecular weight is 237 g/mol. The van der Waals surface area contributed by atoms with Gasteiger partial charge in [0.05, 0.1) is 4.92 Å². The van der Waals surface area contributed by atoms with Crippen LogP contribution in [0.25, 0.3) is 0 Å². The standard InChI is InChI=1S/C11H15N3O3/c1-2-13(8-7-12)11(15)9-5-3-4-6-10(9)14(16)17/h3-6H,2,7-8,12H2,1H3. The number of nitro groups is 1. The average Bonchev–Trinajstić information content (AvgIpc) is 2.35. The summed E-state index contributed by atoms with van der Waals surface area (Å²) < 4.78 is 0. The second-order valence-electron chi connectivity index (χ2n) is 3.45. The highest BCUT2D eigenvalue weighted by molar-refractivity contribution is 5.98. The second-order valence-corrected chi connectivity index (χ2v) is 3.45. The molecule has 0 saturated heterocycles. The third kappa shape index (κ3) is 3.01. The van der Waals surface area contributed by atoms with Crippen LogP contribution in [0, 0.1) is 10.1 Å². The molecule has 1 rings (SSSR count). The number of nitrogens with zero attached hydrogens (tertiary/aromatic N) is 2. The van der Waals surface area contributed by atoms with E-state index in [-0.39, 0.29) is 17.2 Å². The van der Waals surface area contributed by atoms with E-state index in [1.807, 2.05) is 6.92 Å². The lowest BCUT2D eigenvalue weighted by Crippen LogP contribution is -2.35. The van der Waals surface area contributed by atoms with Crippen LogP contribution in [0.4, 0.5) is 5.69 Å². The maximum absolute atomic E-state index is 12.1. The molecule has 0 aromatic heterocycles. The van der Waals surface area contributed by atoms with Gasteiger partial charge in [-0.05, 0) is 13.0 Å². The highest BCUT2D eigenvalue weighted by Gasteiger charge is 2.22. The van der Waals surface area contributed by atoms with Gasteiger partial charge in [-0.15, -0.1) is 0 Å². The van der Waals surface area contributed by atoms with Crippen LogP contribution < -0.4 is 5.73 Å². The first-order chi connectivity index (χ1) is 8.11. The molecule has 0 aliphatic rings. The van der Waals surface area contributed by atoms with Gasteiger partial charge in [0.15, 0.2) is 0 Å². The van der Waals surface area contributed by atoms with Crippen molar-refractivity contribution in [2.75, 3.05) is 19.6 Å². The smallest absolute Gasteiger partial charge is 0.282 e. The Kier molecular flexibility index (Phi) is 4.59. The molecule has 1 aromatic carbocycles. The Bertz CT molecular complexity index is 420. The van der Waals surface area contributed by atoms with Crippen LogP contribution in [-0.2, 0) is 0 Å². The van der Waals surface area contributed by atoms with Crippen LogP contribution in [0.5, 0.6) is 0 Å². The lowest BCUT2D eigenvalue weighted by molar-refractivity contribution is -0.385. The van der Waals surface area contributed by atoms with Crippen molar-refractivity contribution in [3.05, 3.63) is 39.9 Å². The Balaban J connectivity index is 3.06. The minimum atomic E-state index is -0.552. The maximum Gasteiger partial charge on any atom is 0.282 e. The molecular formula is C11H15N3O3. The number of nitrogens with two attached hydrogens (primary N) is 1. The molecule has 17 heavy (non-hydrogen) atoms. The molecule has 0 aliphatic heterocycles. The summed E-state index contributed by atoms with van der Waals surface area (Å²) in [6, 6.07) is 5.92. The minimum absolute atomic E-state index is 0.104. The van der Waals surface area contributed by atoms with E-state index in [2.05, 4.69) is 0 Å². The van der Waals surface area contributed by atoms with Gasteiger partial charge in [-0.2, -0.15) is 0 Å². The Hall–Kier alpha value is -1.95. The number of amides is 1. The van der Waals surface area contributed by atoms with Crippen LogP contribution in [0.15, 0.2) is 24.3 Å². The zero-order chi connectivity index (χ0) is 12.8. The predicted octanol–water partition coefficient (Wildman–Crippen LogP) is 1.02. The van der Waals surface area contributed by atoms with Crippen molar-refractivity contribution in [2.24, 2.45) is 5.73 Å². The summed E-state index contributed by atoms with van der Waals surface area (Å²) in [6.45, 7) is 3.01. The Morgan fingerprint density at radius 2 is 2.12 bits per heavy atom. The fourth-order valence-corrected chi connectivity index (χ4v) is 1.54. The molecule has 6 heteroatoms. The molecule has 0 atom stereocenters. The molecule has 0 saturated carbocycles. The number of hydrogen-bond donors (Lipinski definition) is 1. The number of likely N-dealkylation sites (N-methyl/N-ethyl adjacent to an activating group) is 1. The monoisotopic (exact) mass is 237 g/mol. The Morgan fingerprint density at radius 3 is 2.65 bits per heavy atom. The van der Waals surface area contributed by atoms with E-state index >= 15 is 0 Å². The summed E-state index contributed by atoms with van der Waals surface area (Å²) >= 11 is 0. The molecular weight excluding hydrogens is 222 g/mol. The number of hydrogen-bond acceptors (Lipinski definition) is 4. The molecule has 92 valence electrons. The highest BCUT2D eigenvalue weighted by Crippen LogP contribution is 2.19. The predicted molar refractivity (Wildman–Crippen MR) is 63.7 cm³/mol. The van der Waals surface area contributed by atoms with E-state index < -0.39 is 4.92 Å². The lowest BCUT2D eigenvalue weighted by atomic mass is 10.1. The van der Waals surface area contributed by atoms with Crippen molar-refractivity contribution in [3.63, 3.8) is 0 Å². The summed E-state index contributed by atoms with van der Waals surface area (Å²) in [7, 11) is 0. The number of carbonyl (C=O) groups is 1. The number of nitro benzene ring substituents is 1. The van der Waals surface area contributed by atoms with Gasteiger partial charge in [0, 0.05) is 25.7 Å². The van der Waals surface area contributed by atoms with Gasteiger partial charge >= 0.3 is 0 Å². The van der Waals surface area contributed by atoms with E-state index in [1.54, 1.807) is 6.07 Å². The van der Waals surface area contributed by atoms with Crippen molar-refractivity contribution in [1.29, 1.82) is 0 Å². The first-order valence-electron chi connectivity index (χ1n) is 5.34. The number of carbonyl (C=O) groups excluding carboxylic acids is 1. The first kappa shape index (κ1) is 13.1. The quantitative estimate of drug-likeness (QED) is 0.611. The molecule has 0 radical (unpaired) electrons.